The zero-order chi connectivity index (χ0) is 14.7. The van der Waals surface area contributed by atoms with Crippen molar-refractivity contribution in [3.05, 3.63) is 83.4 Å². The second-order valence-electron chi connectivity index (χ2n) is 5.14. The van der Waals surface area contributed by atoms with Gasteiger partial charge >= 0.3 is 0 Å². The fraction of sp³-hybridized carbons (Fsp3) is 0.105. The molecular formula is C19H16O2. The summed E-state index contributed by atoms with van der Waals surface area (Å²) >= 11 is 0. The summed E-state index contributed by atoms with van der Waals surface area (Å²) in [6.07, 6.45) is 0.392. The topological polar surface area (TPSA) is 37.3 Å². The van der Waals surface area contributed by atoms with Gasteiger partial charge in [-0.1, -0.05) is 66.7 Å². The molecule has 0 aliphatic rings. The summed E-state index contributed by atoms with van der Waals surface area (Å²) in [5.41, 5.74) is 2.52. The van der Waals surface area contributed by atoms with Crippen molar-refractivity contribution >= 4 is 16.6 Å². The van der Waals surface area contributed by atoms with Crippen LogP contribution in [-0.2, 0) is 13.0 Å². The zero-order valence-electron chi connectivity index (χ0n) is 11.6. The van der Waals surface area contributed by atoms with E-state index in [1.165, 1.54) is 5.39 Å². The van der Waals surface area contributed by atoms with Gasteiger partial charge in [0.15, 0.2) is 5.78 Å². The van der Waals surface area contributed by atoms with Crippen LogP contribution in [0.5, 0.6) is 0 Å². The average molecular weight is 276 g/mol. The first-order valence-electron chi connectivity index (χ1n) is 6.97. The lowest BCUT2D eigenvalue weighted by atomic mass is 9.99. The maximum Gasteiger partial charge on any atom is 0.167 e. The van der Waals surface area contributed by atoms with E-state index in [2.05, 4.69) is 18.2 Å². The Bertz CT molecular complexity index is 773. The molecule has 3 aromatic carbocycles. The van der Waals surface area contributed by atoms with Crippen LogP contribution in [0.2, 0.25) is 0 Å². The van der Waals surface area contributed by atoms with Crippen LogP contribution in [0.25, 0.3) is 10.8 Å². The minimum atomic E-state index is -0.000848. The Labute approximate surface area is 123 Å². The van der Waals surface area contributed by atoms with E-state index in [1.54, 1.807) is 24.3 Å². The summed E-state index contributed by atoms with van der Waals surface area (Å²) in [6, 6.07) is 21.4. The van der Waals surface area contributed by atoms with Crippen molar-refractivity contribution in [2.24, 2.45) is 0 Å². The van der Waals surface area contributed by atoms with Gasteiger partial charge in [-0.2, -0.15) is 0 Å². The largest absolute Gasteiger partial charge is 0.392 e. The maximum atomic E-state index is 12.3. The Balaban J connectivity index is 1.81. The van der Waals surface area contributed by atoms with Crippen LogP contribution in [-0.4, -0.2) is 10.9 Å². The first kappa shape index (κ1) is 13.5. The quantitative estimate of drug-likeness (QED) is 0.737. The van der Waals surface area contributed by atoms with Crippen LogP contribution in [0.15, 0.2) is 66.7 Å². The Morgan fingerprint density at radius 1 is 0.810 bits per heavy atom. The fourth-order valence-electron chi connectivity index (χ4n) is 2.43. The molecule has 0 aliphatic heterocycles. The van der Waals surface area contributed by atoms with E-state index in [0.717, 1.165) is 16.5 Å². The Kier molecular flexibility index (Phi) is 3.80. The summed E-state index contributed by atoms with van der Waals surface area (Å²) in [7, 11) is 0. The molecule has 0 aliphatic carbocycles. The number of carbonyl (C=O) groups is 1. The summed E-state index contributed by atoms with van der Waals surface area (Å²) < 4.78 is 0. The number of rotatable bonds is 4. The molecule has 0 bridgehead atoms. The molecule has 3 aromatic rings. The van der Waals surface area contributed by atoms with Gasteiger partial charge in [0.25, 0.3) is 0 Å². The van der Waals surface area contributed by atoms with Crippen LogP contribution in [0.4, 0.5) is 0 Å². The van der Waals surface area contributed by atoms with Crippen LogP contribution in [0, 0.1) is 0 Å². The van der Waals surface area contributed by atoms with E-state index >= 15 is 0 Å². The van der Waals surface area contributed by atoms with E-state index in [-0.39, 0.29) is 12.4 Å². The third-order valence-electron chi connectivity index (χ3n) is 3.64. The lowest BCUT2D eigenvalue weighted by Gasteiger charge is -2.04. The van der Waals surface area contributed by atoms with Crippen molar-refractivity contribution in [3.8, 4) is 0 Å². The minimum absolute atomic E-state index is 0.000848. The lowest BCUT2D eigenvalue weighted by Crippen LogP contribution is -2.03. The highest BCUT2D eigenvalue weighted by Gasteiger charge is 2.07. The average Bonchev–Trinajstić information content (AvgIpc) is 2.55. The third-order valence-corrected chi connectivity index (χ3v) is 3.64. The predicted molar refractivity (Wildman–Crippen MR) is 84.3 cm³/mol. The van der Waals surface area contributed by atoms with Crippen molar-refractivity contribution < 1.29 is 9.90 Å². The van der Waals surface area contributed by atoms with Gasteiger partial charge in [0.05, 0.1) is 6.61 Å². The molecule has 0 amide bonds. The number of ketones is 1. The Morgan fingerprint density at radius 3 is 2.19 bits per heavy atom. The second kappa shape index (κ2) is 5.90. The number of aliphatic hydroxyl groups is 1. The second-order valence-corrected chi connectivity index (χ2v) is 5.14. The minimum Gasteiger partial charge on any atom is -0.392 e. The molecule has 0 fully saturated rings. The predicted octanol–water partition coefficient (Wildman–Crippen LogP) is 3.76. The van der Waals surface area contributed by atoms with Gasteiger partial charge in [-0.3, -0.25) is 4.79 Å². The molecule has 21 heavy (non-hydrogen) atoms. The third kappa shape index (κ3) is 3.01. The number of Topliss-reactive ketones (excluding diaryl/α,β-unsaturated/α-hetero) is 1. The molecule has 3 rings (SSSR count). The molecule has 104 valence electrons. The van der Waals surface area contributed by atoms with Crippen LogP contribution in [0.3, 0.4) is 0 Å². The van der Waals surface area contributed by atoms with E-state index < -0.39 is 0 Å². The zero-order valence-corrected chi connectivity index (χ0v) is 11.6. The first-order valence-corrected chi connectivity index (χ1v) is 6.97. The lowest BCUT2D eigenvalue weighted by molar-refractivity contribution is 0.0993. The number of hydrogen-bond acceptors (Lipinski definition) is 2. The molecule has 0 unspecified atom stereocenters. The van der Waals surface area contributed by atoms with Gasteiger partial charge < -0.3 is 5.11 Å². The molecule has 0 aromatic heterocycles. The summed E-state index contributed by atoms with van der Waals surface area (Å²) in [4.78, 5) is 12.3. The normalized spacial score (nSPS) is 10.7. The van der Waals surface area contributed by atoms with Crippen LogP contribution >= 0.6 is 0 Å². The summed E-state index contributed by atoms with van der Waals surface area (Å²) in [6.45, 7) is -0.000848. The van der Waals surface area contributed by atoms with Crippen molar-refractivity contribution in [1.82, 2.24) is 0 Å². The maximum absolute atomic E-state index is 12.3. The van der Waals surface area contributed by atoms with Crippen molar-refractivity contribution in [3.63, 3.8) is 0 Å². The SMILES string of the molecule is O=C(Cc1ccc2ccccc2c1)c1ccc(CO)cc1. The molecule has 0 radical (unpaired) electrons. The molecule has 1 N–H and O–H groups in total. The molecule has 2 nitrogen and oxygen atoms in total. The molecule has 0 saturated carbocycles. The van der Waals surface area contributed by atoms with Crippen molar-refractivity contribution in [1.29, 1.82) is 0 Å². The number of fused-ring (bicyclic) bond motifs is 1. The first-order chi connectivity index (χ1) is 10.3. The number of carbonyl (C=O) groups excluding carboxylic acids is 1. The van der Waals surface area contributed by atoms with Gasteiger partial charge in [-0.05, 0) is 21.9 Å². The van der Waals surface area contributed by atoms with E-state index in [0.29, 0.717) is 12.0 Å². The molecule has 0 atom stereocenters. The highest BCUT2D eigenvalue weighted by atomic mass is 16.3. The van der Waals surface area contributed by atoms with Crippen molar-refractivity contribution in [2.45, 2.75) is 13.0 Å². The van der Waals surface area contributed by atoms with Gasteiger partial charge in [0.1, 0.15) is 0 Å². The van der Waals surface area contributed by atoms with Gasteiger partial charge in [0, 0.05) is 12.0 Å². The van der Waals surface area contributed by atoms with E-state index in [1.807, 2.05) is 24.3 Å². The Morgan fingerprint density at radius 2 is 1.48 bits per heavy atom. The molecule has 0 spiro atoms. The van der Waals surface area contributed by atoms with Gasteiger partial charge in [0.2, 0.25) is 0 Å². The van der Waals surface area contributed by atoms with E-state index in [9.17, 15) is 4.79 Å². The van der Waals surface area contributed by atoms with E-state index in [4.69, 9.17) is 5.11 Å². The number of aliphatic hydroxyl groups excluding tert-OH is 1. The summed E-state index contributed by atoms with van der Waals surface area (Å²) in [5, 5.41) is 11.4. The van der Waals surface area contributed by atoms with Crippen LogP contribution in [0.1, 0.15) is 21.5 Å². The highest BCUT2D eigenvalue weighted by Crippen LogP contribution is 2.17. The van der Waals surface area contributed by atoms with Gasteiger partial charge in [-0.15, -0.1) is 0 Å². The molecular weight excluding hydrogens is 260 g/mol. The molecule has 0 saturated heterocycles. The Hall–Kier alpha value is -2.45. The van der Waals surface area contributed by atoms with Crippen LogP contribution < -0.4 is 0 Å². The smallest absolute Gasteiger partial charge is 0.167 e. The number of benzene rings is 3. The molecule has 2 heteroatoms. The highest BCUT2D eigenvalue weighted by molar-refractivity contribution is 5.98. The van der Waals surface area contributed by atoms with Gasteiger partial charge in [-0.25, -0.2) is 0 Å². The fourth-order valence-corrected chi connectivity index (χ4v) is 2.43. The summed E-state index contributed by atoms with van der Waals surface area (Å²) in [5.74, 6) is 0.0924. The number of hydrogen-bond donors (Lipinski definition) is 1. The monoisotopic (exact) mass is 276 g/mol. The van der Waals surface area contributed by atoms with Crippen molar-refractivity contribution in [2.75, 3.05) is 0 Å². The standard InChI is InChI=1S/C19H16O2/c20-13-14-5-9-17(10-6-14)19(21)12-15-7-8-16-3-1-2-4-18(16)11-15/h1-11,20H,12-13H2. The molecule has 0 heterocycles.